The number of hydrogen-bond donors (Lipinski definition) is 1. The first kappa shape index (κ1) is 17.1. The molecular formula is C15H22N4O4S. The standard InChI is InChI=1S/C15H22N4O4S/c1-19(11-5-8-24(21,22)10-11)15-16-6-4-13(18-15)14(20)17-9-12-3-2-7-23-12/h4,6,11-12H,2-3,5,7-10H2,1H3,(H,17,20). The van der Waals surface area contributed by atoms with E-state index in [1.807, 2.05) is 0 Å². The summed E-state index contributed by atoms with van der Waals surface area (Å²) in [5.41, 5.74) is 0.269. The Morgan fingerprint density at radius 1 is 1.46 bits per heavy atom. The third-order valence-corrected chi connectivity index (χ3v) is 6.21. The summed E-state index contributed by atoms with van der Waals surface area (Å²) in [5.74, 6) is 0.370. The molecular weight excluding hydrogens is 332 g/mol. The molecule has 0 radical (unpaired) electrons. The van der Waals surface area contributed by atoms with E-state index in [1.54, 1.807) is 18.0 Å². The first-order valence-electron chi connectivity index (χ1n) is 8.11. The van der Waals surface area contributed by atoms with Gasteiger partial charge in [0.15, 0.2) is 9.84 Å². The van der Waals surface area contributed by atoms with Crippen LogP contribution in [0.25, 0.3) is 0 Å². The molecule has 0 spiro atoms. The molecule has 0 aromatic carbocycles. The van der Waals surface area contributed by atoms with E-state index in [9.17, 15) is 13.2 Å². The first-order valence-corrected chi connectivity index (χ1v) is 9.93. The number of ether oxygens (including phenoxy) is 1. The molecule has 0 saturated carbocycles. The lowest BCUT2D eigenvalue weighted by Gasteiger charge is -2.23. The number of sulfone groups is 1. The molecule has 2 aliphatic rings. The van der Waals surface area contributed by atoms with Gasteiger partial charge < -0.3 is 15.0 Å². The van der Waals surface area contributed by atoms with Crippen LogP contribution in [-0.2, 0) is 14.6 Å². The minimum atomic E-state index is -2.98. The second kappa shape index (κ2) is 7.02. The largest absolute Gasteiger partial charge is 0.376 e. The molecule has 2 saturated heterocycles. The summed E-state index contributed by atoms with van der Waals surface area (Å²) in [4.78, 5) is 22.4. The summed E-state index contributed by atoms with van der Waals surface area (Å²) in [6, 6.07) is 1.40. The average molecular weight is 354 g/mol. The minimum Gasteiger partial charge on any atom is -0.376 e. The molecule has 1 amide bonds. The first-order chi connectivity index (χ1) is 11.4. The van der Waals surface area contributed by atoms with Crippen LogP contribution in [-0.4, -0.2) is 68.1 Å². The third kappa shape index (κ3) is 4.02. The second-order valence-electron chi connectivity index (χ2n) is 6.25. The van der Waals surface area contributed by atoms with E-state index in [0.717, 1.165) is 19.4 Å². The Kier molecular flexibility index (Phi) is 5.00. The molecule has 9 heteroatoms. The van der Waals surface area contributed by atoms with Crippen molar-refractivity contribution in [3.05, 3.63) is 18.0 Å². The van der Waals surface area contributed by atoms with Crippen molar-refractivity contribution in [3.63, 3.8) is 0 Å². The lowest BCUT2D eigenvalue weighted by molar-refractivity contribution is 0.0853. The van der Waals surface area contributed by atoms with Crippen LogP contribution >= 0.6 is 0 Å². The van der Waals surface area contributed by atoms with Crippen molar-refractivity contribution < 1.29 is 17.9 Å². The van der Waals surface area contributed by atoms with Crippen LogP contribution in [0.4, 0.5) is 5.95 Å². The van der Waals surface area contributed by atoms with Gasteiger partial charge in [0.25, 0.3) is 5.91 Å². The summed E-state index contributed by atoms with van der Waals surface area (Å²) in [5, 5.41) is 2.82. The fourth-order valence-electron chi connectivity index (χ4n) is 2.99. The van der Waals surface area contributed by atoms with Crippen LogP contribution in [0.3, 0.4) is 0 Å². The average Bonchev–Trinajstić information content (AvgIpc) is 3.21. The molecule has 1 aromatic rings. The number of carbonyl (C=O) groups is 1. The van der Waals surface area contributed by atoms with Crippen LogP contribution in [0.2, 0.25) is 0 Å². The Morgan fingerprint density at radius 2 is 2.29 bits per heavy atom. The smallest absolute Gasteiger partial charge is 0.270 e. The number of amides is 1. The van der Waals surface area contributed by atoms with E-state index in [-0.39, 0.29) is 35.3 Å². The minimum absolute atomic E-state index is 0.0710. The van der Waals surface area contributed by atoms with Crippen LogP contribution < -0.4 is 10.2 Å². The molecule has 0 aliphatic carbocycles. The zero-order valence-corrected chi connectivity index (χ0v) is 14.5. The Labute approximate surface area is 141 Å². The number of hydrogen-bond acceptors (Lipinski definition) is 7. The maximum Gasteiger partial charge on any atom is 0.270 e. The SMILES string of the molecule is CN(c1nccc(C(=O)NCC2CCCO2)n1)C1CCS(=O)(=O)C1. The summed E-state index contributed by atoms with van der Waals surface area (Å²) in [6.07, 6.45) is 4.11. The molecule has 3 rings (SSSR count). The van der Waals surface area contributed by atoms with Gasteiger partial charge >= 0.3 is 0 Å². The van der Waals surface area contributed by atoms with Crippen LogP contribution in [0.15, 0.2) is 12.3 Å². The Balaban J connectivity index is 1.63. The lowest BCUT2D eigenvalue weighted by Crippen LogP contribution is -2.35. The van der Waals surface area contributed by atoms with Gasteiger partial charge in [-0.1, -0.05) is 0 Å². The number of rotatable bonds is 5. The fourth-order valence-corrected chi connectivity index (χ4v) is 4.77. The molecule has 1 aromatic heterocycles. The van der Waals surface area contributed by atoms with E-state index in [2.05, 4.69) is 15.3 Å². The summed E-state index contributed by atoms with van der Waals surface area (Å²) in [7, 11) is -1.22. The van der Waals surface area contributed by atoms with Gasteiger partial charge in [0, 0.05) is 32.4 Å². The van der Waals surface area contributed by atoms with Gasteiger partial charge in [-0.2, -0.15) is 0 Å². The van der Waals surface area contributed by atoms with Crippen molar-refractivity contribution in [2.24, 2.45) is 0 Å². The van der Waals surface area contributed by atoms with Gasteiger partial charge in [-0.05, 0) is 25.3 Å². The van der Waals surface area contributed by atoms with Crippen molar-refractivity contribution in [2.45, 2.75) is 31.4 Å². The van der Waals surface area contributed by atoms with E-state index in [4.69, 9.17) is 4.74 Å². The molecule has 24 heavy (non-hydrogen) atoms. The summed E-state index contributed by atoms with van der Waals surface area (Å²) in [6.45, 7) is 1.21. The highest BCUT2D eigenvalue weighted by molar-refractivity contribution is 7.91. The van der Waals surface area contributed by atoms with Gasteiger partial charge in [-0.15, -0.1) is 0 Å². The third-order valence-electron chi connectivity index (χ3n) is 4.46. The topological polar surface area (TPSA) is 101 Å². The number of nitrogens with zero attached hydrogens (tertiary/aromatic N) is 3. The fraction of sp³-hybridized carbons (Fsp3) is 0.667. The lowest BCUT2D eigenvalue weighted by atomic mass is 10.2. The number of aromatic nitrogens is 2. The van der Waals surface area contributed by atoms with Gasteiger partial charge in [-0.25, -0.2) is 18.4 Å². The zero-order valence-electron chi connectivity index (χ0n) is 13.6. The van der Waals surface area contributed by atoms with Crippen molar-refractivity contribution in [3.8, 4) is 0 Å². The molecule has 1 N–H and O–H groups in total. The molecule has 2 fully saturated rings. The van der Waals surface area contributed by atoms with E-state index < -0.39 is 9.84 Å². The second-order valence-corrected chi connectivity index (χ2v) is 8.48. The predicted molar refractivity (Wildman–Crippen MR) is 88.8 cm³/mol. The van der Waals surface area contributed by atoms with E-state index in [0.29, 0.717) is 18.9 Å². The summed E-state index contributed by atoms with van der Waals surface area (Å²) >= 11 is 0. The Morgan fingerprint density at radius 3 is 2.96 bits per heavy atom. The normalized spacial score (nSPS) is 25.5. The van der Waals surface area contributed by atoms with Gasteiger partial charge in [0.05, 0.1) is 17.6 Å². The molecule has 0 bridgehead atoms. The summed E-state index contributed by atoms with van der Waals surface area (Å²) < 4.78 is 28.7. The van der Waals surface area contributed by atoms with Crippen LogP contribution in [0.5, 0.6) is 0 Å². The van der Waals surface area contributed by atoms with E-state index in [1.165, 1.54) is 6.20 Å². The number of nitrogens with one attached hydrogen (secondary N) is 1. The molecule has 132 valence electrons. The molecule has 3 heterocycles. The monoisotopic (exact) mass is 354 g/mol. The molecule has 2 unspecified atom stereocenters. The number of carbonyl (C=O) groups excluding carboxylic acids is 1. The predicted octanol–water partition coefficient (Wildman–Crippen LogP) is 0.00870. The molecule has 2 atom stereocenters. The van der Waals surface area contributed by atoms with Crippen LogP contribution in [0, 0.1) is 0 Å². The highest BCUT2D eigenvalue weighted by Gasteiger charge is 2.32. The zero-order chi connectivity index (χ0) is 17.2. The maximum atomic E-state index is 12.2. The van der Waals surface area contributed by atoms with Crippen molar-refractivity contribution in [2.75, 3.05) is 36.6 Å². The highest BCUT2D eigenvalue weighted by Crippen LogP contribution is 2.20. The maximum absolute atomic E-state index is 12.2. The quantitative estimate of drug-likeness (QED) is 0.794. The van der Waals surface area contributed by atoms with Crippen molar-refractivity contribution in [1.82, 2.24) is 15.3 Å². The Bertz CT molecular complexity index is 703. The van der Waals surface area contributed by atoms with Crippen LogP contribution in [0.1, 0.15) is 29.8 Å². The van der Waals surface area contributed by atoms with Crippen molar-refractivity contribution >= 4 is 21.7 Å². The molecule has 2 aliphatic heterocycles. The van der Waals surface area contributed by atoms with E-state index >= 15 is 0 Å². The van der Waals surface area contributed by atoms with Gasteiger partial charge in [0.2, 0.25) is 5.95 Å². The molecule has 8 nitrogen and oxygen atoms in total. The number of anilines is 1. The Hall–Kier alpha value is -1.74. The van der Waals surface area contributed by atoms with Crippen molar-refractivity contribution in [1.29, 1.82) is 0 Å². The van der Waals surface area contributed by atoms with Gasteiger partial charge in [0.1, 0.15) is 5.69 Å². The highest BCUT2D eigenvalue weighted by atomic mass is 32.2. The van der Waals surface area contributed by atoms with Gasteiger partial charge in [-0.3, -0.25) is 4.79 Å².